The first-order valence-electron chi connectivity index (χ1n) is 5.44. The highest BCUT2D eigenvalue weighted by Crippen LogP contribution is 2.04. The summed E-state index contributed by atoms with van der Waals surface area (Å²) in [4.78, 5) is 26.9. The zero-order valence-corrected chi connectivity index (χ0v) is 9.95. The van der Waals surface area contributed by atoms with E-state index in [9.17, 15) is 14.7 Å². The molecule has 18 heavy (non-hydrogen) atoms. The van der Waals surface area contributed by atoms with Crippen molar-refractivity contribution in [3.05, 3.63) is 42.0 Å². The van der Waals surface area contributed by atoms with Crippen molar-refractivity contribution in [1.29, 1.82) is 0 Å². The van der Waals surface area contributed by atoms with Crippen molar-refractivity contribution in [1.82, 2.24) is 5.06 Å². The van der Waals surface area contributed by atoms with Crippen molar-refractivity contribution in [3.8, 4) is 0 Å². The summed E-state index contributed by atoms with van der Waals surface area (Å²) in [7, 11) is 0. The summed E-state index contributed by atoms with van der Waals surface area (Å²) in [6.45, 7) is 1.79. The number of rotatable bonds is 6. The van der Waals surface area contributed by atoms with Crippen LogP contribution in [0.15, 0.2) is 36.4 Å². The Morgan fingerprint density at radius 1 is 1.50 bits per heavy atom. The second kappa shape index (κ2) is 7.37. The van der Waals surface area contributed by atoms with Crippen molar-refractivity contribution < 1.29 is 19.5 Å². The Hall–Kier alpha value is -1.98. The topological polar surface area (TPSA) is 66.8 Å². The molecule has 0 fully saturated rings. The summed E-state index contributed by atoms with van der Waals surface area (Å²) in [5.41, 5.74) is 0.826. The minimum Gasteiger partial charge on any atom is -0.365 e. The molecule has 0 saturated carbocycles. The van der Waals surface area contributed by atoms with Gasteiger partial charge < -0.3 is 5.11 Å². The Kier molecular flexibility index (Phi) is 5.76. The molecule has 0 bridgehead atoms. The number of hydrogen-bond acceptors (Lipinski definition) is 4. The van der Waals surface area contributed by atoms with Crippen LogP contribution in [0.4, 0.5) is 0 Å². The van der Waals surface area contributed by atoms with Crippen molar-refractivity contribution >= 4 is 18.3 Å². The van der Waals surface area contributed by atoms with E-state index in [1.807, 2.05) is 30.3 Å². The molecule has 0 aromatic heterocycles. The molecule has 5 heteroatoms. The van der Waals surface area contributed by atoms with Crippen LogP contribution < -0.4 is 0 Å². The molecule has 1 N–H and O–H groups in total. The molecule has 1 aromatic rings. The van der Waals surface area contributed by atoms with Gasteiger partial charge in [-0.05, 0) is 18.6 Å². The van der Waals surface area contributed by atoms with Gasteiger partial charge in [0, 0.05) is 6.08 Å². The van der Waals surface area contributed by atoms with Crippen LogP contribution in [0.25, 0.3) is 6.08 Å². The number of aliphatic hydroxyl groups excluding tert-OH is 1. The van der Waals surface area contributed by atoms with Crippen LogP contribution >= 0.6 is 0 Å². The molecule has 0 aliphatic carbocycles. The summed E-state index contributed by atoms with van der Waals surface area (Å²) in [5.74, 6) is -0.628. The number of amides is 1. The standard InChI is InChI=1S/C13H14NO4/c1-2-18-14(13(17)10-15)12(16)9-8-11-6-4-3-5-7-11/h3-9,13,17H,2H2,1H3. The van der Waals surface area contributed by atoms with Crippen molar-refractivity contribution in [2.75, 3.05) is 6.61 Å². The molecule has 95 valence electrons. The van der Waals surface area contributed by atoms with Crippen molar-refractivity contribution in [2.24, 2.45) is 0 Å². The number of aliphatic hydroxyl groups is 1. The van der Waals surface area contributed by atoms with E-state index in [1.54, 1.807) is 13.0 Å². The lowest BCUT2D eigenvalue weighted by molar-refractivity contribution is -0.211. The lowest BCUT2D eigenvalue weighted by Crippen LogP contribution is -2.40. The maximum absolute atomic E-state index is 11.7. The Bertz CT molecular complexity index is 416. The number of carbonyl (C=O) groups excluding carboxylic acids is 2. The molecule has 0 spiro atoms. The van der Waals surface area contributed by atoms with Crippen LogP contribution in [0, 0.1) is 0 Å². The van der Waals surface area contributed by atoms with Gasteiger partial charge in [0.2, 0.25) is 6.23 Å². The number of hydrogen-bond donors (Lipinski definition) is 1. The average Bonchev–Trinajstić information content (AvgIpc) is 2.42. The summed E-state index contributed by atoms with van der Waals surface area (Å²) >= 11 is 0. The van der Waals surface area contributed by atoms with Gasteiger partial charge >= 0.3 is 0 Å². The fourth-order valence-electron chi connectivity index (χ4n) is 1.25. The van der Waals surface area contributed by atoms with Crippen LogP contribution in [0.2, 0.25) is 0 Å². The van der Waals surface area contributed by atoms with E-state index in [0.717, 1.165) is 5.56 Å². The fourth-order valence-corrected chi connectivity index (χ4v) is 1.25. The zero-order chi connectivity index (χ0) is 13.4. The van der Waals surface area contributed by atoms with Gasteiger partial charge in [-0.2, -0.15) is 5.06 Å². The largest absolute Gasteiger partial charge is 0.365 e. The molecule has 0 aliphatic heterocycles. The predicted molar refractivity (Wildman–Crippen MR) is 65.6 cm³/mol. The van der Waals surface area contributed by atoms with E-state index in [0.29, 0.717) is 5.06 Å². The van der Waals surface area contributed by atoms with E-state index in [-0.39, 0.29) is 6.61 Å². The van der Waals surface area contributed by atoms with Crippen LogP contribution in [0.5, 0.6) is 0 Å². The average molecular weight is 248 g/mol. The minimum atomic E-state index is -1.72. The first-order chi connectivity index (χ1) is 8.69. The molecule has 1 amide bonds. The monoisotopic (exact) mass is 248 g/mol. The molecule has 1 radical (unpaired) electrons. The Labute approximate surface area is 105 Å². The Morgan fingerprint density at radius 2 is 2.17 bits per heavy atom. The maximum Gasteiger partial charge on any atom is 0.273 e. The molecule has 1 atom stereocenters. The van der Waals surface area contributed by atoms with Crippen molar-refractivity contribution in [3.63, 3.8) is 0 Å². The normalized spacial score (nSPS) is 12.3. The second-order valence-corrected chi connectivity index (χ2v) is 3.32. The number of carbonyl (C=O) groups is 1. The first kappa shape index (κ1) is 14.1. The molecular formula is C13H14NO4. The van der Waals surface area contributed by atoms with E-state index in [1.165, 1.54) is 12.4 Å². The SMILES string of the molecule is CCON(C(=O)C=Cc1ccccc1)C(O)[C]=O. The molecule has 0 saturated heterocycles. The highest BCUT2D eigenvalue weighted by Gasteiger charge is 2.20. The van der Waals surface area contributed by atoms with Crippen LogP contribution in [-0.2, 0) is 14.4 Å². The third kappa shape index (κ3) is 4.12. The molecule has 1 aromatic carbocycles. The van der Waals surface area contributed by atoms with Crippen LogP contribution in [-0.4, -0.2) is 35.2 Å². The third-order valence-electron chi connectivity index (χ3n) is 2.03. The Morgan fingerprint density at radius 3 is 2.72 bits per heavy atom. The van der Waals surface area contributed by atoms with Crippen molar-refractivity contribution in [2.45, 2.75) is 13.2 Å². The zero-order valence-electron chi connectivity index (χ0n) is 9.95. The summed E-state index contributed by atoms with van der Waals surface area (Å²) in [5, 5.41) is 9.81. The van der Waals surface area contributed by atoms with Gasteiger partial charge in [-0.25, -0.2) is 0 Å². The number of hydroxylamine groups is 2. The summed E-state index contributed by atoms with van der Waals surface area (Å²) in [6.07, 6.45) is 2.33. The van der Waals surface area contributed by atoms with Gasteiger partial charge in [-0.15, -0.1) is 0 Å². The maximum atomic E-state index is 11.7. The number of nitrogens with zero attached hydrogens (tertiary/aromatic N) is 1. The Balaban J connectivity index is 2.72. The van der Waals surface area contributed by atoms with Gasteiger partial charge in [0.15, 0.2) is 0 Å². The van der Waals surface area contributed by atoms with E-state index < -0.39 is 12.1 Å². The second-order valence-electron chi connectivity index (χ2n) is 3.32. The quantitative estimate of drug-likeness (QED) is 0.461. The lowest BCUT2D eigenvalue weighted by Gasteiger charge is -2.20. The van der Waals surface area contributed by atoms with Crippen LogP contribution in [0.3, 0.4) is 0 Å². The molecule has 5 nitrogen and oxygen atoms in total. The minimum absolute atomic E-state index is 0.156. The fraction of sp³-hybridized carbons (Fsp3) is 0.231. The van der Waals surface area contributed by atoms with Gasteiger partial charge in [0.1, 0.15) is 0 Å². The molecular weight excluding hydrogens is 234 g/mol. The van der Waals surface area contributed by atoms with Crippen LogP contribution in [0.1, 0.15) is 12.5 Å². The first-order valence-corrected chi connectivity index (χ1v) is 5.44. The lowest BCUT2D eigenvalue weighted by atomic mass is 10.2. The van der Waals surface area contributed by atoms with Gasteiger partial charge in [0.25, 0.3) is 12.2 Å². The molecule has 0 heterocycles. The van der Waals surface area contributed by atoms with Gasteiger partial charge in [0.05, 0.1) is 6.61 Å². The van der Waals surface area contributed by atoms with Gasteiger partial charge in [-0.1, -0.05) is 30.3 Å². The smallest absolute Gasteiger partial charge is 0.273 e. The molecule has 0 aliphatic rings. The van der Waals surface area contributed by atoms with E-state index >= 15 is 0 Å². The molecule has 1 rings (SSSR count). The summed E-state index contributed by atoms with van der Waals surface area (Å²) in [6, 6.07) is 9.15. The highest BCUT2D eigenvalue weighted by molar-refractivity contribution is 5.92. The molecule has 1 unspecified atom stereocenters. The number of benzene rings is 1. The highest BCUT2D eigenvalue weighted by atomic mass is 16.7. The predicted octanol–water partition coefficient (Wildman–Crippen LogP) is 0.908. The van der Waals surface area contributed by atoms with E-state index in [4.69, 9.17) is 4.84 Å². The third-order valence-corrected chi connectivity index (χ3v) is 2.03. The van der Waals surface area contributed by atoms with E-state index in [2.05, 4.69) is 0 Å². The summed E-state index contributed by atoms with van der Waals surface area (Å²) < 4.78 is 0. The van der Waals surface area contributed by atoms with Gasteiger partial charge in [-0.3, -0.25) is 14.4 Å².